The van der Waals surface area contributed by atoms with Gasteiger partial charge in [-0.3, -0.25) is 9.78 Å². The lowest BCUT2D eigenvalue weighted by Crippen LogP contribution is -2.28. The van der Waals surface area contributed by atoms with Gasteiger partial charge in [0.05, 0.1) is 6.20 Å². The Kier molecular flexibility index (Phi) is 4.24. The number of pyridine rings is 1. The second kappa shape index (κ2) is 6.69. The fourth-order valence-corrected chi connectivity index (χ4v) is 3.44. The standard InChI is InChI=1S/C19H16ClN3O2/c20-16-3-1-2-14(10-16)18-17(11-22-25-18)19(24)23-9-6-15(12-23)13-4-7-21-8-5-13/h1-5,7-8,10-11,15H,6,9,12H2. The second-order valence-electron chi connectivity index (χ2n) is 6.10. The predicted molar refractivity (Wildman–Crippen MR) is 94.4 cm³/mol. The maximum Gasteiger partial charge on any atom is 0.259 e. The first-order chi connectivity index (χ1) is 12.2. The smallest absolute Gasteiger partial charge is 0.259 e. The van der Waals surface area contributed by atoms with Gasteiger partial charge in [0, 0.05) is 42.0 Å². The minimum absolute atomic E-state index is 0.0622. The maximum atomic E-state index is 12.9. The third kappa shape index (κ3) is 3.15. The number of hydrogen-bond donors (Lipinski definition) is 0. The van der Waals surface area contributed by atoms with Crippen molar-refractivity contribution in [3.63, 3.8) is 0 Å². The summed E-state index contributed by atoms with van der Waals surface area (Å²) in [5.41, 5.74) is 2.43. The molecule has 0 bridgehead atoms. The number of rotatable bonds is 3. The quantitative estimate of drug-likeness (QED) is 0.713. The van der Waals surface area contributed by atoms with E-state index in [1.807, 2.05) is 29.2 Å². The molecular formula is C19H16ClN3O2. The summed E-state index contributed by atoms with van der Waals surface area (Å²) in [7, 11) is 0. The largest absolute Gasteiger partial charge is 0.355 e. The van der Waals surface area contributed by atoms with Crippen molar-refractivity contribution < 1.29 is 9.32 Å². The molecule has 0 aliphatic carbocycles. The highest BCUT2D eigenvalue weighted by Gasteiger charge is 2.30. The van der Waals surface area contributed by atoms with E-state index in [1.54, 1.807) is 24.5 Å². The zero-order valence-electron chi connectivity index (χ0n) is 13.4. The van der Waals surface area contributed by atoms with Crippen LogP contribution in [0.1, 0.15) is 28.3 Å². The van der Waals surface area contributed by atoms with Crippen molar-refractivity contribution in [1.82, 2.24) is 15.0 Å². The number of amides is 1. The molecule has 1 unspecified atom stereocenters. The summed E-state index contributed by atoms with van der Waals surface area (Å²) in [5, 5.41) is 4.41. The first kappa shape index (κ1) is 15.8. The van der Waals surface area contributed by atoms with Gasteiger partial charge in [-0.1, -0.05) is 28.9 Å². The van der Waals surface area contributed by atoms with E-state index in [0.29, 0.717) is 35.4 Å². The van der Waals surface area contributed by atoms with E-state index in [0.717, 1.165) is 12.0 Å². The SMILES string of the molecule is O=C(c1cnoc1-c1cccc(Cl)c1)N1CCC(c2ccncc2)C1. The molecule has 0 saturated carbocycles. The minimum atomic E-state index is -0.0622. The Morgan fingerprint density at radius 2 is 2.08 bits per heavy atom. The summed E-state index contributed by atoms with van der Waals surface area (Å²) in [6.07, 6.45) is 6.00. The molecule has 2 aromatic heterocycles. The van der Waals surface area contributed by atoms with E-state index < -0.39 is 0 Å². The minimum Gasteiger partial charge on any atom is -0.355 e. The van der Waals surface area contributed by atoms with Crippen molar-refractivity contribution in [2.75, 3.05) is 13.1 Å². The molecule has 25 heavy (non-hydrogen) atoms. The molecule has 1 amide bonds. The Balaban J connectivity index is 1.56. The number of halogens is 1. The molecule has 6 heteroatoms. The Labute approximate surface area is 150 Å². The first-order valence-electron chi connectivity index (χ1n) is 8.12. The molecule has 1 aliphatic heterocycles. The number of carbonyl (C=O) groups is 1. The number of nitrogens with zero attached hydrogens (tertiary/aromatic N) is 3. The van der Waals surface area contributed by atoms with Gasteiger partial charge in [-0.15, -0.1) is 0 Å². The van der Waals surface area contributed by atoms with Crippen molar-refractivity contribution in [3.05, 3.63) is 71.1 Å². The van der Waals surface area contributed by atoms with Crippen molar-refractivity contribution in [2.45, 2.75) is 12.3 Å². The molecule has 3 heterocycles. The number of benzene rings is 1. The van der Waals surface area contributed by atoms with Gasteiger partial charge in [0.2, 0.25) is 0 Å². The van der Waals surface area contributed by atoms with E-state index in [1.165, 1.54) is 11.8 Å². The zero-order chi connectivity index (χ0) is 17.2. The van der Waals surface area contributed by atoms with Crippen molar-refractivity contribution in [1.29, 1.82) is 0 Å². The van der Waals surface area contributed by atoms with Gasteiger partial charge in [-0.25, -0.2) is 0 Å². The summed E-state index contributed by atoms with van der Waals surface area (Å²) < 4.78 is 5.33. The van der Waals surface area contributed by atoms with Crippen LogP contribution in [0, 0.1) is 0 Å². The zero-order valence-corrected chi connectivity index (χ0v) is 14.2. The van der Waals surface area contributed by atoms with Crippen molar-refractivity contribution >= 4 is 17.5 Å². The van der Waals surface area contributed by atoms with Gasteiger partial charge in [0.15, 0.2) is 5.76 Å². The molecule has 126 valence electrons. The van der Waals surface area contributed by atoms with Gasteiger partial charge in [-0.2, -0.15) is 0 Å². The molecule has 0 radical (unpaired) electrons. The number of likely N-dealkylation sites (tertiary alicyclic amines) is 1. The molecule has 1 saturated heterocycles. The average molecular weight is 354 g/mol. The maximum absolute atomic E-state index is 12.9. The average Bonchev–Trinajstić information content (AvgIpc) is 3.32. The fourth-order valence-electron chi connectivity index (χ4n) is 3.25. The highest BCUT2D eigenvalue weighted by Crippen LogP contribution is 2.31. The van der Waals surface area contributed by atoms with Gasteiger partial charge in [0.1, 0.15) is 5.56 Å². The molecule has 0 spiro atoms. The van der Waals surface area contributed by atoms with Gasteiger partial charge in [0.25, 0.3) is 5.91 Å². The van der Waals surface area contributed by atoms with Crippen LogP contribution < -0.4 is 0 Å². The van der Waals surface area contributed by atoms with E-state index in [4.69, 9.17) is 16.1 Å². The van der Waals surface area contributed by atoms with E-state index in [2.05, 4.69) is 10.1 Å². The Morgan fingerprint density at radius 3 is 2.88 bits per heavy atom. The molecular weight excluding hydrogens is 338 g/mol. The Bertz CT molecular complexity index is 894. The molecule has 1 atom stereocenters. The second-order valence-corrected chi connectivity index (χ2v) is 6.53. The lowest BCUT2D eigenvalue weighted by atomic mass is 10.00. The van der Waals surface area contributed by atoms with Crippen LogP contribution in [0.25, 0.3) is 11.3 Å². The van der Waals surface area contributed by atoms with Crippen LogP contribution in [-0.2, 0) is 0 Å². The first-order valence-corrected chi connectivity index (χ1v) is 8.50. The van der Waals surface area contributed by atoms with E-state index in [-0.39, 0.29) is 5.91 Å². The monoisotopic (exact) mass is 353 g/mol. The summed E-state index contributed by atoms with van der Waals surface area (Å²) in [6, 6.07) is 11.2. The normalized spacial score (nSPS) is 17.0. The Morgan fingerprint density at radius 1 is 1.24 bits per heavy atom. The molecule has 0 N–H and O–H groups in total. The van der Waals surface area contributed by atoms with Crippen LogP contribution in [-0.4, -0.2) is 34.0 Å². The van der Waals surface area contributed by atoms with Crippen LogP contribution in [0.3, 0.4) is 0 Å². The molecule has 1 aromatic carbocycles. The van der Waals surface area contributed by atoms with Crippen LogP contribution in [0.5, 0.6) is 0 Å². The van der Waals surface area contributed by atoms with Gasteiger partial charge < -0.3 is 9.42 Å². The highest BCUT2D eigenvalue weighted by atomic mass is 35.5. The molecule has 1 fully saturated rings. The third-order valence-electron chi connectivity index (χ3n) is 4.54. The van der Waals surface area contributed by atoms with Crippen molar-refractivity contribution in [3.8, 4) is 11.3 Å². The van der Waals surface area contributed by atoms with Gasteiger partial charge >= 0.3 is 0 Å². The number of aromatic nitrogens is 2. The highest BCUT2D eigenvalue weighted by molar-refractivity contribution is 6.30. The lowest BCUT2D eigenvalue weighted by Gasteiger charge is -2.16. The van der Waals surface area contributed by atoms with Crippen molar-refractivity contribution in [2.24, 2.45) is 0 Å². The Hall–Kier alpha value is -2.66. The van der Waals surface area contributed by atoms with Crippen LogP contribution >= 0.6 is 11.6 Å². The summed E-state index contributed by atoms with van der Waals surface area (Å²) in [4.78, 5) is 18.8. The van der Waals surface area contributed by atoms with Crippen LogP contribution in [0.15, 0.2) is 59.5 Å². The summed E-state index contributed by atoms with van der Waals surface area (Å²) in [5.74, 6) is 0.731. The lowest BCUT2D eigenvalue weighted by molar-refractivity contribution is 0.0791. The number of carbonyl (C=O) groups excluding carboxylic acids is 1. The van der Waals surface area contributed by atoms with Crippen LogP contribution in [0.4, 0.5) is 0 Å². The molecule has 1 aliphatic rings. The fraction of sp³-hybridized carbons (Fsp3) is 0.211. The molecule has 4 rings (SSSR count). The number of hydrogen-bond acceptors (Lipinski definition) is 4. The van der Waals surface area contributed by atoms with E-state index in [9.17, 15) is 4.79 Å². The topological polar surface area (TPSA) is 59.2 Å². The van der Waals surface area contributed by atoms with E-state index >= 15 is 0 Å². The predicted octanol–water partition coefficient (Wildman–Crippen LogP) is 4.02. The van der Waals surface area contributed by atoms with Crippen LogP contribution in [0.2, 0.25) is 5.02 Å². The molecule has 3 aromatic rings. The third-order valence-corrected chi connectivity index (χ3v) is 4.78. The summed E-state index contributed by atoms with van der Waals surface area (Å²) in [6.45, 7) is 1.40. The molecule has 5 nitrogen and oxygen atoms in total. The van der Waals surface area contributed by atoms with Gasteiger partial charge in [-0.05, 0) is 36.2 Å². The summed E-state index contributed by atoms with van der Waals surface area (Å²) >= 11 is 6.05.